The second kappa shape index (κ2) is 5.92. The molecule has 0 aliphatic rings. The van der Waals surface area contributed by atoms with Gasteiger partial charge in [0.05, 0.1) is 5.56 Å². The van der Waals surface area contributed by atoms with E-state index < -0.39 is 12.0 Å². The van der Waals surface area contributed by atoms with Crippen molar-refractivity contribution in [3.8, 4) is 0 Å². The van der Waals surface area contributed by atoms with E-state index in [0.29, 0.717) is 16.3 Å². The van der Waals surface area contributed by atoms with E-state index in [1.54, 1.807) is 38.5 Å². The summed E-state index contributed by atoms with van der Waals surface area (Å²) < 4.78 is 0. The number of amides is 2. The number of nitrogens with zero attached hydrogens (tertiary/aromatic N) is 2. The molecule has 110 valence electrons. The van der Waals surface area contributed by atoms with Crippen molar-refractivity contribution in [1.82, 2.24) is 4.98 Å². The Morgan fingerprint density at radius 3 is 2.48 bits per heavy atom. The van der Waals surface area contributed by atoms with Crippen LogP contribution in [0.3, 0.4) is 0 Å². The number of carboxylic acids is 1. The molecule has 0 aliphatic carbocycles. The van der Waals surface area contributed by atoms with Gasteiger partial charge in [-0.3, -0.25) is 15.2 Å². The summed E-state index contributed by atoms with van der Waals surface area (Å²) in [5, 5.41) is 12.3. The zero-order chi connectivity index (χ0) is 15.6. The Bertz CT molecular complexity index is 682. The number of aromatic nitrogens is 1. The van der Waals surface area contributed by atoms with Crippen LogP contribution < -0.4 is 10.2 Å². The number of carbonyl (C=O) groups is 2. The van der Waals surface area contributed by atoms with Crippen molar-refractivity contribution in [2.45, 2.75) is 13.8 Å². The molecule has 6 nitrogen and oxygen atoms in total. The third kappa shape index (κ3) is 3.03. The molecular formula is C14H15N3O3S. The lowest BCUT2D eigenvalue weighted by atomic mass is 10.1. The van der Waals surface area contributed by atoms with Gasteiger partial charge in [0.25, 0.3) is 0 Å². The average Bonchev–Trinajstić information content (AvgIpc) is 2.73. The van der Waals surface area contributed by atoms with Gasteiger partial charge in [-0.1, -0.05) is 0 Å². The van der Waals surface area contributed by atoms with E-state index in [-0.39, 0.29) is 5.56 Å². The summed E-state index contributed by atoms with van der Waals surface area (Å²) in [6.45, 7) is 3.56. The first kappa shape index (κ1) is 15.0. The fourth-order valence-electron chi connectivity index (χ4n) is 1.84. The minimum atomic E-state index is -1.04. The molecule has 0 atom stereocenters. The smallest absolute Gasteiger partial charge is 0.338 e. The van der Waals surface area contributed by atoms with Gasteiger partial charge in [-0.2, -0.15) is 0 Å². The predicted octanol–water partition coefficient (Wildman–Crippen LogP) is 3.13. The molecule has 0 saturated carbocycles. The summed E-state index contributed by atoms with van der Waals surface area (Å²) in [6.07, 6.45) is 3.17. The number of aromatic carboxylic acids is 1. The monoisotopic (exact) mass is 305 g/mol. The molecule has 0 fully saturated rings. The lowest BCUT2D eigenvalue weighted by Crippen LogP contribution is -2.31. The molecule has 0 aromatic carbocycles. The Balaban J connectivity index is 2.24. The number of carboxylic acid groups (broad SMARTS) is 1. The van der Waals surface area contributed by atoms with Crippen molar-refractivity contribution in [1.29, 1.82) is 0 Å². The Kier molecular flexibility index (Phi) is 4.23. The first-order valence-electron chi connectivity index (χ1n) is 6.19. The molecule has 0 radical (unpaired) electrons. The Morgan fingerprint density at radius 1 is 1.29 bits per heavy atom. The van der Waals surface area contributed by atoms with Gasteiger partial charge in [0, 0.05) is 30.0 Å². The number of rotatable bonds is 3. The van der Waals surface area contributed by atoms with Gasteiger partial charge < -0.3 is 5.11 Å². The van der Waals surface area contributed by atoms with Crippen LogP contribution in [0.15, 0.2) is 24.5 Å². The number of urea groups is 1. The maximum Gasteiger partial charge on any atom is 0.338 e. The molecule has 7 heteroatoms. The highest BCUT2D eigenvalue weighted by Crippen LogP contribution is 2.32. The SMILES string of the molecule is Cc1sc(NC(=O)N(C)c2ccncc2)c(C(=O)O)c1C. The third-order valence-electron chi connectivity index (χ3n) is 3.17. The molecule has 0 unspecified atom stereocenters. The largest absolute Gasteiger partial charge is 0.478 e. The van der Waals surface area contributed by atoms with Crippen LogP contribution in [0, 0.1) is 13.8 Å². The Labute approximate surface area is 126 Å². The number of carbonyl (C=O) groups excluding carboxylic acids is 1. The van der Waals surface area contributed by atoms with Crippen molar-refractivity contribution in [3.63, 3.8) is 0 Å². The molecule has 2 amide bonds. The predicted molar refractivity (Wildman–Crippen MR) is 82.4 cm³/mol. The van der Waals surface area contributed by atoms with Crippen LogP contribution in [0.25, 0.3) is 0 Å². The molecular weight excluding hydrogens is 290 g/mol. The van der Waals surface area contributed by atoms with Crippen LogP contribution in [-0.4, -0.2) is 29.1 Å². The highest BCUT2D eigenvalue weighted by Gasteiger charge is 2.21. The molecule has 0 bridgehead atoms. The maximum atomic E-state index is 12.2. The summed E-state index contributed by atoms with van der Waals surface area (Å²) in [7, 11) is 1.61. The van der Waals surface area contributed by atoms with Crippen LogP contribution in [0.2, 0.25) is 0 Å². The molecule has 2 aromatic heterocycles. The summed E-state index contributed by atoms with van der Waals surface area (Å²) in [5.41, 5.74) is 1.49. The van der Waals surface area contributed by atoms with E-state index >= 15 is 0 Å². The van der Waals surface area contributed by atoms with Crippen molar-refractivity contribution in [2.24, 2.45) is 0 Å². The van der Waals surface area contributed by atoms with Gasteiger partial charge in [-0.25, -0.2) is 9.59 Å². The minimum absolute atomic E-state index is 0.147. The summed E-state index contributed by atoms with van der Waals surface area (Å²) in [5.74, 6) is -1.04. The van der Waals surface area contributed by atoms with Crippen LogP contribution in [0.1, 0.15) is 20.8 Å². The van der Waals surface area contributed by atoms with Gasteiger partial charge in [0.2, 0.25) is 0 Å². The van der Waals surface area contributed by atoms with Crippen molar-refractivity contribution < 1.29 is 14.7 Å². The summed E-state index contributed by atoms with van der Waals surface area (Å²) in [6, 6.07) is 3.00. The second-order valence-corrected chi connectivity index (χ2v) is 5.71. The Hall–Kier alpha value is -2.41. The van der Waals surface area contributed by atoms with Crippen molar-refractivity contribution >= 4 is 34.0 Å². The summed E-state index contributed by atoms with van der Waals surface area (Å²) in [4.78, 5) is 29.7. The number of anilines is 2. The maximum absolute atomic E-state index is 12.2. The molecule has 0 spiro atoms. The number of nitrogens with one attached hydrogen (secondary N) is 1. The Morgan fingerprint density at radius 2 is 1.90 bits per heavy atom. The molecule has 2 rings (SSSR count). The molecule has 21 heavy (non-hydrogen) atoms. The first-order chi connectivity index (χ1) is 9.91. The minimum Gasteiger partial charge on any atom is -0.478 e. The fourth-order valence-corrected chi connectivity index (χ4v) is 2.88. The van der Waals surface area contributed by atoms with Crippen LogP contribution >= 0.6 is 11.3 Å². The number of pyridine rings is 1. The van der Waals surface area contributed by atoms with Crippen LogP contribution in [0.5, 0.6) is 0 Å². The number of thiophene rings is 1. The molecule has 2 N–H and O–H groups in total. The molecule has 2 aromatic rings. The third-order valence-corrected chi connectivity index (χ3v) is 4.30. The van der Waals surface area contributed by atoms with E-state index in [4.69, 9.17) is 0 Å². The van der Waals surface area contributed by atoms with E-state index in [2.05, 4.69) is 10.3 Å². The summed E-state index contributed by atoms with van der Waals surface area (Å²) >= 11 is 1.26. The number of aryl methyl sites for hydroxylation is 1. The lowest BCUT2D eigenvalue weighted by molar-refractivity contribution is 0.0697. The quantitative estimate of drug-likeness (QED) is 0.912. The molecule has 2 heterocycles. The van der Waals surface area contributed by atoms with Gasteiger partial charge in [0.1, 0.15) is 5.00 Å². The van der Waals surface area contributed by atoms with Crippen molar-refractivity contribution in [3.05, 3.63) is 40.5 Å². The van der Waals surface area contributed by atoms with E-state index in [0.717, 1.165) is 4.88 Å². The van der Waals surface area contributed by atoms with Gasteiger partial charge >= 0.3 is 12.0 Å². The number of hydrogen-bond acceptors (Lipinski definition) is 4. The molecule has 0 aliphatic heterocycles. The topological polar surface area (TPSA) is 82.5 Å². The van der Waals surface area contributed by atoms with E-state index in [9.17, 15) is 14.7 Å². The standard InChI is InChI=1S/C14H15N3O3S/c1-8-9(2)21-12(11(8)13(18)19)16-14(20)17(3)10-4-6-15-7-5-10/h4-7H,1-3H3,(H,16,20)(H,18,19). The van der Waals surface area contributed by atoms with Gasteiger partial charge in [-0.15, -0.1) is 11.3 Å². The van der Waals surface area contributed by atoms with Crippen LogP contribution in [-0.2, 0) is 0 Å². The van der Waals surface area contributed by atoms with E-state index in [1.165, 1.54) is 16.2 Å². The van der Waals surface area contributed by atoms with Crippen LogP contribution in [0.4, 0.5) is 15.5 Å². The van der Waals surface area contributed by atoms with Gasteiger partial charge in [-0.05, 0) is 31.5 Å². The zero-order valence-corrected chi connectivity index (χ0v) is 12.7. The second-order valence-electron chi connectivity index (χ2n) is 4.49. The normalized spacial score (nSPS) is 10.2. The first-order valence-corrected chi connectivity index (χ1v) is 7.01. The van der Waals surface area contributed by atoms with Gasteiger partial charge in [0.15, 0.2) is 0 Å². The fraction of sp³-hybridized carbons (Fsp3) is 0.214. The number of hydrogen-bond donors (Lipinski definition) is 2. The highest BCUT2D eigenvalue weighted by molar-refractivity contribution is 7.16. The molecule has 0 saturated heterocycles. The zero-order valence-electron chi connectivity index (χ0n) is 11.9. The van der Waals surface area contributed by atoms with Crippen molar-refractivity contribution in [2.75, 3.05) is 17.3 Å². The average molecular weight is 305 g/mol. The lowest BCUT2D eigenvalue weighted by Gasteiger charge is -2.17. The highest BCUT2D eigenvalue weighted by atomic mass is 32.1. The van der Waals surface area contributed by atoms with E-state index in [1.807, 2.05) is 6.92 Å².